The van der Waals surface area contributed by atoms with Gasteiger partial charge < -0.3 is 28.3 Å². The highest BCUT2D eigenvalue weighted by Crippen LogP contribution is 2.67. The Labute approximate surface area is 311 Å². The molecule has 0 aliphatic carbocycles. The summed E-state index contributed by atoms with van der Waals surface area (Å²) in [6.07, 6.45) is -0.268. The summed E-state index contributed by atoms with van der Waals surface area (Å²) < 4.78 is 39.2. The zero-order valence-corrected chi connectivity index (χ0v) is 32.0. The topological polar surface area (TPSA) is 124 Å². The second-order valence-electron chi connectivity index (χ2n) is 14.5. The minimum Gasteiger partial charge on any atom is -0.460 e. The first-order chi connectivity index (χ1) is 25.4. The van der Waals surface area contributed by atoms with Crippen molar-refractivity contribution in [2.24, 2.45) is 5.41 Å². The quantitative estimate of drug-likeness (QED) is 0.0785. The Kier molecular flexibility index (Phi) is 11.9. The highest BCUT2D eigenvalue weighted by Gasteiger charge is 2.50. The van der Waals surface area contributed by atoms with Crippen LogP contribution in [0.25, 0.3) is 0 Å². The SMILES string of the molecule is CC1=C(C(=O)OCCN(Cc2ccccc2)c2ccccc2)C(c2cccc([N+](=O)[O-])c2)C(P2(=O)OCC(C)(C)CO2)=C(C)N1C(C)N1CCOCC1. The van der Waals surface area contributed by atoms with E-state index in [0.717, 1.165) is 11.3 Å². The van der Waals surface area contributed by atoms with Crippen LogP contribution < -0.4 is 4.90 Å². The predicted octanol–water partition coefficient (Wildman–Crippen LogP) is 7.69. The fourth-order valence-corrected chi connectivity index (χ4v) is 9.79. The second kappa shape index (κ2) is 16.4. The minimum absolute atomic E-state index is 0.0505. The number of carbonyl (C=O) groups is 1. The van der Waals surface area contributed by atoms with Crippen molar-refractivity contribution < 1.29 is 32.8 Å². The van der Waals surface area contributed by atoms with Gasteiger partial charge in [-0.2, -0.15) is 0 Å². The van der Waals surface area contributed by atoms with Gasteiger partial charge in [0.2, 0.25) is 0 Å². The number of esters is 1. The van der Waals surface area contributed by atoms with E-state index in [-0.39, 0.29) is 42.6 Å². The Bertz CT molecular complexity index is 1880. The lowest BCUT2D eigenvalue weighted by atomic mass is 9.85. The van der Waals surface area contributed by atoms with E-state index in [2.05, 4.69) is 21.9 Å². The Balaban J connectivity index is 1.41. The minimum atomic E-state index is -4.05. The molecule has 0 radical (unpaired) electrons. The molecular formula is C40H49N4O8P. The van der Waals surface area contributed by atoms with E-state index in [0.29, 0.717) is 56.4 Å². The van der Waals surface area contributed by atoms with Crippen LogP contribution >= 0.6 is 7.60 Å². The number of para-hydroxylation sites is 1. The third-order valence-electron chi connectivity index (χ3n) is 10.1. The Morgan fingerprint density at radius 1 is 0.981 bits per heavy atom. The molecule has 2 unspecified atom stereocenters. The lowest BCUT2D eigenvalue weighted by molar-refractivity contribution is -0.384. The normalized spacial score (nSPS) is 20.9. The number of nitrogens with zero attached hydrogens (tertiary/aromatic N) is 4. The number of hydrogen-bond acceptors (Lipinski definition) is 11. The van der Waals surface area contributed by atoms with Crippen molar-refractivity contribution in [2.45, 2.75) is 53.2 Å². The van der Waals surface area contributed by atoms with Crippen molar-refractivity contribution >= 4 is 24.9 Å². The van der Waals surface area contributed by atoms with Gasteiger partial charge in [0.1, 0.15) is 6.61 Å². The second-order valence-corrected chi connectivity index (χ2v) is 16.5. The van der Waals surface area contributed by atoms with E-state index in [1.165, 1.54) is 12.1 Å². The zero-order chi connectivity index (χ0) is 37.8. The highest BCUT2D eigenvalue weighted by molar-refractivity contribution is 7.58. The summed E-state index contributed by atoms with van der Waals surface area (Å²) >= 11 is 0. The molecule has 12 nitrogen and oxygen atoms in total. The molecule has 0 amide bonds. The Hall–Kier alpha value is -4.32. The number of hydrogen-bond donors (Lipinski definition) is 0. The molecule has 13 heteroatoms. The van der Waals surface area contributed by atoms with Crippen LogP contribution in [-0.2, 0) is 34.4 Å². The van der Waals surface area contributed by atoms with E-state index in [1.807, 2.05) is 88.0 Å². The average molecular weight is 745 g/mol. The first-order valence-corrected chi connectivity index (χ1v) is 19.6. The summed E-state index contributed by atoms with van der Waals surface area (Å²) in [6, 6.07) is 26.1. The number of rotatable bonds is 12. The molecule has 3 aromatic carbocycles. The number of non-ortho nitro benzene ring substituents is 1. The Morgan fingerprint density at radius 2 is 1.62 bits per heavy atom. The molecule has 3 aromatic rings. The molecule has 53 heavy (non-hydrogen) atoms. The third-order valence-corrected chi connectivity index (χ3v) is 12.2. The van der Waals surface area contributed by atoms with Crippen LogP contribution in [0.15, 0.2) is 107 Å². The number of allylic oxidation sites excluding steroid dienone is 3. The molecule has 3 aliphatic rings. The molecule has 282 valence electrons. The van der Waals surface area contributed by atoms with E-state index < -0.39 is 29.8 Å². The lowest BCUT2D eigenvalue weighted by Crippen LogP contribution is -2.51. The molecule has 0 spiro atoms. The van der Waals surface area contributed by atoms with Gasteiger partial charge in [-0.05, 0) is 44.0 Å². The molecule has 0 N–H and O–H groups in total. The summed E-state index contributed by atoms with van der Waals surface area (Å²) in [5, 5.41) is 12.3. The van der Waals surface area contributed by atoms with Crippen LogP contribution in [-0.4, -0.2) is 79.5 Å². The van der Waals surface area contributed by atoms with Crippen LogP contribution in [0.2, 0.25) is 0 Å². The van der Waals surface area contributed by atoms with Crippen molar-refractivity contribution in [1.82, 2.24) is 9.80 Å². The van der Waals surface area contributed by atoms with Crippen LogP contribution in [0.5, 0.6) is 0 Å². The smallest absolute Gasteiger partial charge is 0.360 e. The molecule has 0 saturated carbocycles. The van der Waals surface area contributed by atoms with Crippen molar-refractivity contribution in [3.05, 3.63) is 128 Å². The monoisotopic (exact) mass is 744 g/mol. The summed E-state index contributed by atoms with van der Waals surface area (Å²) in [5.74, 6) is -1.61. The molecular weight excluding hydrogens is 695 g/mol. The zero-order valence-electron chi connectivity index (χ0n) is 31.1. The molecule has 2 atom stereocenters. The molecule has 3 heterocycles. The third kappa shape index (κ3) is 8.58. The fraction of sp³-hybridized carbons (Fsp3) is 0.425. The van der Waals surface area contributed by atoms with Gasteiger partial charge in [-0.1, -0.05) is 74.5 Å². The molecule has 2 fully saturated rings. The number of nitro groups is 1. The average Bonchev–Trinajstić information content (AvgIpc) is 3.16. The van der Waals surface area contributed by atoms with Crippen molar-refractivity contribution in [1.29, 1.82) is 0 Å². The van der Waals surface area contributed by atoms with Crippen molar-refractivity contribution in [3.8, 4) is 0 Å². The van der Waals surface area contributed by atoms with Crippen LogP contribution in [0, 0.1) is 15.5 Å². The first-order valence-electron chi connectivity index (χ1n) is 18.1. The van der Waals surface area contributed by atoms with Gasteiger partial charge in [0.05, 0.1) is 60.9 Å². The van der Waals surface area contributed by atoms with Gasteiger partial charge in [0.25, 0.3) is 5.69 Å². The van der Waals surface area contributed by atoms with Crippen molar-refractivity contribution in [2.75, 3.05) is 57.6 Å². The number of ether oxygens (including phenoxy) is 2. The summed E-state index contributed by atoms with van der Waals surface area (Å²) in [6.45, 7) is 13.5. The summed E-state index contributed by atoms with van der Waals surface area (Å²) in [5.41, 5.74) is 3.39. The predicted molar refractivity (Wildman–Crippen MR) is 203 cm³/mol. The van der Waals surface area contributed by atoms with Gasteiger partial charge >= 0.3 is 13.6 Å². The molecule has 0 bridgehead atoms. The standard InChI is InChI=1S/C40H49N4O8P/c1-29-36(39(45)50-24-21-42(34-16-10-7-11-17-34)26-32-13-8-6-9-14-32)37(33-15-12-18-35(25-33)44(46)47)38(53(48)51-27-40(4,5)28-52-53)30(2)43(29)31(3)41-19-22-49-23-20-41/h6-18,25,31,37H,19-24,26-28H2,1-5H3. The van der Waals surface area contributed by atoms with Gasteiger partial charge in [-0.15, -0.1) is 0 Å². The lowest BCUT2D eigenvalue weighted by Gasteiger charge is -2.47. The van der Waals surface area contributed by atoms with Crippen molar-refractivity contribution in [3.63, 3.8) is 0 Å². The highest BCUT2D eigenvalue weighted by atomic mass is 31.2. The summed E-state index contributed by atoms with van der Waals surface area (Å²) in [4.78, 5) is 32.6. The first kappa shape index (κ1) is 38.4. The van der Waals surface area contributed by atoms with E-state index in [9.17, 15) is 14.9 Å². The van der Waals surface area contributed by atoms with E-state index in [4.69, 9.17) is 18.5 Å². The maximum Gasteiger partial charge on any atom is 0.360 e. The van der Waals surface area contributed by atoms with E-state index in [1.54, 1.807) is 12.1 Å². The fourth-order valence-electron chi connectivity index (χ4n) is 7.30. The number of carbonyl (C=O) groups excluding carboxylic acids is 1. The number of nitro benzene ring substituents is 1. The summed E-state index contributed by atoms with van der Waals surface area (Å²) in [7, 11) is -4.05. The number of morpholine rings is 1. The number of benzene rings is 3. The molecule has 2 saturated heterocycles. The van der Waals surface area contributed by atoms with Crippen LogP contribution in [0.3, 0.4) is 0 Å². The van der Waals surface area contributed by atoms with Crippen LogP contribution in [0.1, 0.15) is 51.7 Å². The largest absolute Gasteiger partial charge is 0.460 e. The Morgan fingerprint density at radius 3 is 2.26 bits per heavy atom. The van der Waals surface area contributed by atoms with Crippen LogP contribution in [0.4, 0.5) is 11.4 Å². The van der Waals surface area contributed by atoms with Gasteiger partial charge in [0.15, 0.2) is 0 Å². The molecule has 6 rings (SSSR count). The van der Waals surface area contributed by atoms with Gasteiger partial charge in [-0.3, -0.25) is 19.6 Å². The van der Waals surface area contributed by atoms with Gasteiger partial charge in [0, 0.05) is 54.3 Å². The van der Waals surface area contributed by atoms with E-state index >= 15 is 4.57 Å². The van der Waals surface area contributed by atoms with Gasteiger partial charge in [-0.25, -0.2) is 4.79 Å². The maximum atomic E-state index is 15.1. The number of anilines is 1. The molecule has 0 aromatic heterocycles. The molecule has 3 aliphatic heterocycles. The maximum absolute atomic E-state index is 15.1.